The van der Waals surface area contributed by atoms with Crippen LogP contribution >= 0.6 is 0 Å². The molecule has 0 unspecified atom stereocenters. The normalized spacial score (nSPS) is 17.7. The topological polar surface area (TPSA) is 64.8 Å². The molecule has 26 heavy (non-hydrogen) atoms. The Bertz CT molecular complexity index is 778. The molecule has 0 atom stereocenters. The molecule has 2 aliphatic rings. The maximum Gasteiger partial charge on any atom is 0.276 e. The van der Waals surface area contributed by atoms with Crippen molar-refractivity contribution in [3.8, 4) is 11.5 Å². The summed E-state index contributed by atoms with van der Waals surface area (Å²) in [5, 5.41) is 4.07. The van der Waals surface area contributed by atoms with Crippen molar-refractivity contribution in [2.75, 3.05) is 20.2 Å². The molecule has 0 radical (unpaired) electrons. The first-order valence-corrected chi connectivity index (χ1v) is 9.32. The summed E-state index contributed by atoms with van der Waals surface area (Å²) >= 11 is 0. The van der Waals surface area contributed by atoms with E-state index in [-0.39, 0.29) is 12.0 Å². The Labute approximate surface area is 153 Å². The number of hydrogen-bond acceptors (Lipinski definition) is 5. The van der Waals surface area contributed by atoms with Crippen LogP contribution < -0.4 is 9.47 Å². The van der Waals surface area contributed by atoms with Gasteiger partial charge < -0.3 is 18.9 Å². The molecular weight excluding hydrogens is 332 g/mol. The van der Waals surface area contributed by atoms with Gasteiger partial charge >= 0.3 is 0 Å². The smallest absolute Gasteiger partial charge is 0.276 e. The van der Waals surface area contributed by atoms with Gasteiger partial charge in [0.05, 0.1) is 7.11 Å². The number of carbonyl (C=O) groups excluding carboxylic acids is 1. The molecular formula is C20H24N2O4. The maximum absolute atomic E-state index is 12.8. The SMILES string of the molecule is COc1ccccc1OC1CCN(C(=O)c2noc3c2CCCC3)CC1. The highest BCUT2D eigenvalue weighted by molar-refractivity contribution is 5.94. The molecule has 1 aliphatic carbocycles. The second-order valence-corrected chi connectivity index (χ2v) is 6.90. The predicted octanol–water partition coefficient (Wildman–Crippen LogP) is 3.25. The quantitative estimate of drug-likeness (QED) is 0.841. The molecule has 138 valence electrons. The molecule has 2 aromatic rings. The largest absolute Gasteiger partial charge is 0.493 e. The Hall–Kier alpha value is -2.50. The second-order valence-electron chi connectivity index (χ2n) is 6.90. The minimum Gasteiger partial charge on any atom is -0.493 e. The molecule has 4 rings (SSSR count). The van der Waals surface area contributed by atoms with Crippen molar-refractivity contribution < 1.29 is 18.8 Å². The average molecular weight is 356 g/mol. The summed E-state index contributed by atoms with van der Waals surface area (Å²) in [6.45, 7) is 1.33. The molecule has 6 nitrogen and oxygen atoms in total. The zero-order chi connectivity index (χ0) is 17.9. The Morgan fingerprint density at radius 1 is 1.15 bits per heavy atom. The molecule has 0 N–H and O–H groups in total. The van der Waals surface area contributed by atoms with Crippen LogP contribution in [0.4, 0.5) is 0 Å². The van der Waals surface area contributed by atoms with Gasteiger partial charge in [0.15, 0.2) is 17.2 Å². The van der Waals surface area contributed by atoms with Crippen LogP contribution in [0.1, 0.15) is 47.5 Å². The maximum atomic E-state index is 12.8. The van der Waals surface area contributed by atoms with Gasteiger partial charge in [-0.1, -0.05) is 17.3 Å². The first-order valence-electron chi connectivity index (χ1n) is 9.32. The third-order valence-electron chi connectivity index (χ3n) is 5.24. The van der Waals surface area contributed by atoms with Crippen LogP contribution in [0.5, 0.6) is 11.5 Å². The van der Waals surface area contributed by atoms with Gasteiger partial charge in [0.25, 0.3) is 5.91 Å². The van der Waals surface area contributed by atoms with Gasteiger partial charge in [-0.05, 0) is 31.4 Å². The Balaban J connectivity index is 1.37. The van der Waals surface area contributed by atoms with Crippen LogP contribution in [-0.2, 0) is 12.8 Å². The highest BCUT2D eigenvalue weighted by Crippen LogP contribution is 2.30. The first-order chi connectivity index (χ1) is 12.8. The summed E-state index contributed by atoms with van der Waals surface area (Å²) in [6.07, 6.45) is 5.68. The molecule has 0 spiro atoms. The molecule has 1 amide bonds. The number of hydrogen-bond donors (Lipinski definition) is 0. The molecule has 0 saturated carbocycles. The van der Waals surface area contributed by atoms with Crippen molar-refractivity contribution in [2.24, 2.45) is 0 Å². The highest BCUT2D eigenvalue weighted by Gasteiger charge is 2.30. The van der Waals surface area contributed by atoms with Crippen molar-refractivity contribution in [2.45, 2.75) is 44.6 Å². The first kappa shape index (κ1) is 16.9. The summed E-state index contributed by atoms with van der Waals surface area (Å²) in [4.78, 5) is 14.7. The fourth-order valence-electron chi connectivity index (χ4n) is 3.78. The lowest BCUT2D eigenvalue weighted by molar-refractivity contribution is 0.0580. The van der Waals surface area contributed by atoms with E-state index >= 15 is 0 Å². The van der Waals surface area contributed by atoms with Gasteiger partial charge in [0, 0.05) is 37.9 Å². The van der Waals surface area contributed by atoms with Gasteiger partial charge in [-0.25, -0.2) is 0 Å². The van der Waals surface area contributed by atoms with Crippen molar-refractivity contribution in [1.82, 2.24) is 10.1 Å². The van der Waals surface area contributed by atoms with Crippen LogP contribution in [-0.4, -0.2) is 42.3 Å². The van der Waals surface area contributed by atoms with Crippen LogP contribution in [0.25, 0.3) is 0 Å². The third-order valence-corrected chi connectivity index (χ3v) is 5.24. The van der Waals surface area contributed by atoms with Crippen molar-refractivity contribution in [3.63, 3.8) is 0 Å². The van der Waals surface area contributed by atoms with E-state index in [0.29, 0.717) is 18.8 Å². The second kappa shape index (κ2) is 7.40. The van der Waals surface area contributed by atoms with Gasteiger partial charge in [0.2, 0.25) is 0 Å². The van der Waals surface area contributed by atoms with Gasteiger partial charge in [0.1, 0.15) is 11.9 Å². The zero-order valence-corrected chi connectivity index (χ0v) is 15.1. The Morgan fingerprint density at radius 3 is 2.65 bits per heavy atom. The van der Waals surface area contributed by atoms with Crippen molar-refractivity contribution in [3.05, 3.63) is 41.3 Å². The lowest BCUT2D eigenvalue weighted by atomic mass is 9.96. The zero-order valence-electron chi connectivity index (χ0n) is 15.1. The van der Waals surface area contributed by atoms with E-state index in [1.165, 1.54) is 0 Å². The van der Waals surface area contributed by atoms with Crippen molar-refractivity contribution >= 4 is 5.91 Å². The van der Waals surface area contributed by atoms with E-state index in [2.05, 4.69) is 5.16 Å². The molecule has 6 heteroatoms. The van der Waals surface area contributed by atoms with E-state index < -0.39 is 0 Å². The van der Waals surface area contributed by atoms with Gasteiger partial charge in [-0.15, -0.1) is 0 Å². The molecule has 1 saturated heterocycles. The number of aromatic nitrogens is 1. The summed E-state index contributed by atoms with van der Waals surface area (Å²) < 4.78 is 16.8. The van der Waals surface area contributed by atoms with Crippen LogP contribution in [0, 0.1) is 0 Å². The number of rotatable bonds is 4. The number of methoxy groups -OCH3 is 1. The summed E-state index contributed by atoms with van der Waals surface area (Å²) in [5.41, 5.74) is 1.54. The molecule has 1 aromatic carbocycles. The highest BCUT2D eigenvalue weighted by atomic mass is 16.5. The van der Waals surface area contributed by atoms with Crippen LogP contribution in [0.3, 0.4) is 0 Å². The summed E-state index contributed by atoms with van der Waals surface area (Å²) in [6, 6.07) is 7.66. The summed E-state index contributed by atoms with van der Waals surface area (Å²) in [5.74, 6) is 2.38. The number of amides is 1. The van der Waals surface area contributed by atoms with Gasteiger partial charge in [-0.3, -0.25) is 4.79 Å². The predicted molar refractivity (Wildman–Crippen MR) is 95.7 cm³/mol. The van der Waals surface area contributed by atoms with E-state index in [1.807, 2.05) is 29.2 Å². The van der Waals surface area contributed by atoms with E-state index in [4.69, 9.17) is 14.0 Å². The number of aryl methyl sites for hydroxylation is 1. The number of piperidine rings is 1. The number of carbonyl (C=O) groups is 1. The number of ether oxygens (including phenoxy) is 2. The Morgan fingerprint density at radius 2 is 1.88 bits per heavy atom. The molecule has 1 aliphatic heterocycles. The Kier molecular flexibility index (Phi) is 4.82. The number of para-hydroxylation sites is 2. The number of likely N-dealkylation sites (tertiary alicyclic amines) is 1. The van der Waals surface area contributed by atoms with Crippen LogP contribution in [0.15, 0.2) is 28.8 Å². The lowest BCUT2D eigenvalue weighted by Crippen LogP contribution is -2.42. The molecule has 1 aromatic heterocycles. The number of nitrogens with zero attached hydrogens (tertiary/aromatic N) is 2. The fourth-order valence-corrected chi connectivity index (χ4v) is 3.78. The lowest BCUT2D eigenvalue weighted by Gasteiger charge is -2.32. The number of benzene rings is 1. The van der Waals surface area contributed by atoms with Gasteiger partial charge in [-0.2, -0.15) is 0 Å². The minimum atomic E-state index is -0.00681. The van der Waals surface area contributed by atoms with E-state index in [9.17, 15) is 4.79 Å². The monoisotopic (exact) mass is 356 g/mol. The van der Waals surface area contributed by atoms with E-state index in [0.717, 1.165) is 61.3 Å². The molecule has 2 heterocycles. The average Bonchev–Trinajstić information content (AvgIpc) is 3.12. The van der Waals surface area contributed by atoms with E-state index in [1.54, 1.807) is 7.11 Å². The fraction of sp³-hybridized carbons (Fsp3) is 0.500. The number of fused-ring (bicyclic) bond motifs is 1. The standard InChI is InChI=1S/C20H24N2O4/c1-24-17-8-4-5-9-18(17)25-14-10-12-22(13-11-14)20(23)19-15-6-2-3-7-16(15)26-21-19/h4-5,8-9,14H,2-3,6-7,10-13H2,1H3. The molecule has 0 bridgehead atoms. The minimum absolute atomic E-state index is 0.00681. The van der Waals surface area contributed by atoms with Crippen molar-refractivity contribution in [1.29, 1.82) is 0 Å². The van der Waals surface area contributed by atoms with Crippen LogP contribution in [0.2, 0.25) is 0 Å². The summed E-state index contributed by atoms with van der Waals surface area (Å²) in [7, 11) is 1.64. The third kappa shape index (κ3) is 3.28. The molecule has 1 fully saturated rings.